The Labute approximate surface area is 115 Å². The zero-order valence-corrected chi connectivity index (χ0v) is 10.9. The third kappa shape index (κ3) is 2.95. The molecular weight excluding hydrogens is 271 g/mol. The Morgan fingerprint density at radius 3 is 2.25 bits per heavy atom. The molecule has 1 fully saturated rings. The Bertz CT molecular complexity index is 478. The Balaban J connectivity index is 2.27. The Morgan fingerprint density at radius 1 is 1.20 bits per heavy atom. The van der Waals surface area contributed by atoms with Crippen molar-refractivity contribution in [3.63, 3.8) is 0 Å². The predicted octanol–water partition coefficient (Wildman–Crippen LogP) is 2.48. The number of aliphatic hydroxyl groups is 1. The van der Waals surface area contributed by atoms with Crippen LogP contribution in [0.25, 0.3) is 0 Å². The summed E-state index contributed by atoms with van der Waals surface area (Å²) in [4.78, 5) is 13.7. The lowest BCUT2D eigenvalue weighted by Crippen LogP contribution is -2.40. The molecule has 1 amide bonds. The Morgan fingerprint density at radius 2 is 1.75 bits per heavy atom. The van der Waals surface area contributed by atoms with Crippen LogP contribution in [0.4, 0.5) is 13.2 Å². The van der Waals surface area contributed by atoms with Gasteiger partial charge in [0.15, 0.2) is 17.5 Å². The fourth-order valence-electron chi connectivity index (χ4n) is 2.62. The van der Waals surface area contributed by atoms with E-state index in [1.54, 1.807) is 0 Å². The van der Waals surface area contributed by atoms with E-state index < -0.39 is 23.4 Å². The van der Waals surface area contributed by atoms with Gasteiger partial charge in [0.05, 0.1) is 6.61 Å². The van der Waals surface area contributed by atoms with Crippen molar-refractivity contribution in [2.24, 2.45) is 0 Å². The first-order chi connectivity index (χ1) is 9.54. The molecule has 0 aliphatic heterocycles. The highest BCUT2D eigenvalue weighted by molar-refractivity contribution is 5.94. The van der Waals surface area contributed by atoms with E-state index >= 15 is 0 Å². The van der Waals surface area contributed by atoms with Crippen LogP contribution in [0.5, 0.6) is 0 Å². The molecule has 0 saturated heterocycles. The first-order valence-electron chi connectivity index (χ1n) is 6.61. The quantitative estimate of drug-likeness (QED) is 0.864. The second-order valence-corrected chi connectivity index (χ2v) is 4.91. The molecule has 1 aliphatic rings. The van der Waals surface area contributed by atoms with Gasteiger partial charge >= 0.3 is 0 Å². The topological polar surface area (TPSA) is 40.5 Å². The third-order valence-corrected chi connectivity index (χ3v) is 3.60. The van der Waals surface area contributed by atoms with Gasteiger partial charge in [0.2, 0.25) is 0 Å². The number of hydrogen-bond donors (Lipinski definition) is 1. The van der Waals surface area contributed by atoms with Crippen LogP contribution in [0, 0.1) is 17.5 Å². The van der Waals surface area contributed by atoms with E-state index in [4.69, 9.17) is 5.11 Å². The van der Waals surface area contributed by atoms with E-state index in [0.717, 1.165) is 25.7 Å². The summed E-state index contributed by atoms with van der Waals surface area (Å²) in [5, 5.41) is 9.04. The summed E-state index contributed by atoms with van der Waals surface area (Å²) in [6.45, 7) is -0.126. The molecule has 1 saturated carbocycles. The Hall–Kier alpha value is -1.56. The van der Waals surface area contributed by atoms with Gasteiger partial charge in [-0.25, -0.2) is 13.2 Å². The molecule has 0 radical (unpaired) electrons. The van der Waals surface area contributed by atoms with Gasteiger partial charge in [-0.3, -0.25) is 4.79 Å². The summed E-state index contributed by atoms with van der Waals surface area (Å²) < 4.78 is 39.3. The Kier molecular flexibility index (Phi) is 4.65. The molecule has 1 aromatic rings. The molecule has 1 aliphatic carbocycles. The van der Waals surface area contributed by atoms with Crippen molar-refractivity contribution in [2.75, 3.05) is 13.2 Å². The van der Waals surface area contributed by atoms with E-state index in [9.17, 15) is 18.0 Å². The number of carbonyl (C=O) groups excluding carboxylic acids is 1. The molecular formula is C14H16F3NO2. The van der Waals surface area contributed by atoms with Crippen LogP contribution < -0.4 is 0 Å². The van der Waals surface area contributed by atoms with Gasteiger partial charge < -0.3 is 10.0 Å². The van der Waals surface area contributed by atoms with Gasteiger partial charge in [0, 0.05) is 18.2 Å². The predicted molar refractivity (Wildman–Crippen MR) is 66.7 cm³/mol. The number of carbonyl (C=O) groups is 1. The zero-order valence-electron chi connectivity index (χ0n) is 10.9. The first kappa shape index (κ1) is 14.8. The summed E-state index contributed by atoms with van der Waals surface area (Å²) in [6, 6.07) is 1.35. The van der Waals surface area contributed by atoms with Crippen LogP contribution in [0.1, 0.15) is 36.0 Å². The van der Waals surface area contributed by atoms with Crippen molar-refractivity contribution < 1.29 is 23.1 Å². The van der Waals surface area contributed by atoms with E-state index in [1.165, 1.54) is 4.90 Å². The van der Waals surface area contributed by atoms with Crippen molar-refractivity contribution in [2.45, 2.75) is 31.7 Å². The molecule has 0 spiro atoms. The largest absolute Gasteiger partial charge is 0.395 e. The number of aliphatic hydroxyl groups excluding tert-OH is 1. The molecule has 6 heteroatoms. The maximum Gasteiger partial charge on any atom is 0.254 e. The van der Waals surface area contributed by atoms with E-state index in [-0.39, 0.29) is 24.8 Å². The lowest BCUT2D eigenvalue weighted by Gasteiger charge is -2.28. The van der Waals surface area contributed by atoms with Crippen molar-refractivity contribution >= 4 is 5.91 Å². The third-order valence-electron chi connectivity index (χ3n) is 3.60. The van der Waals surface area contributed by atoms with Crippen molar-refractivity contribution in [1.82, 2.24) is 4.90 Å². The van der Waals surface area contributed by atoms with Crippen LogP contribution in [-0.2, 0) is 0 Å². The molecule has 0 atom stereocenters. The highest BCUT2D eigenvalue weighted by Gasteiger charge is 2.28. The monoisotopic (exact) mass is 287 g/mol. The number of benzene rings is 1. The van der Waals surface area contributed by atoms with Gasteiger partial charge in [-0.15, -0.1) is 0 Å². The van der Waals surface area contributed by atoms with Crippen LogP contribution in [0.15, 0.2) is 12.1 Å². The smallest absolute Gasteiger partial charge is 0.254 e. The minimum atomic E-state index is -1.59. The van der Waals surface area contributed by atoms with Gasteiger partial charge in [-0.2, -0.15) is 0 Å². The number of halogens is 3. The standard InChI is InChI=1S/C14H16F3NO2/c15-11-7-9(8-12(16)13(11)17)14(20)18(5-6-19)10-3-1-2-4-10/h7-8,10,19H,1-6H2. The maximum atomic E-state index is 13.2. The van der Waals surface area contributed by atoms with E-state index in [1.807, 2.05) is 0 Å². The SMILES string of the molecule is O=C(c1cc(F)c(F)c(F)c1)N(CCO)C1CCCC1. The highest BCUT2D eigenvalue weighted by atomic mass is 19.2. The maximum absolute atomic E-state index is 13.2. The molecule has 20 heavy (non-hydrogen) atoms. The summed E-state index contributed by atoms with van der Waals surface area (Å²) in [7, 11) is 0. The number of amides is 1. The lowest BCUT2D eigenvalue weighted by molar-refractivity contribution is 0.0637. The van der Waals surface area contributed by atoms with E-state index in [2.05, 4.69) is 0 Å². The van der Waals surface area contributed by atoms with Gasteiger partial charge in [-0.1, -0.05) is 12.8 Å². The van der Waals surface area contributed by atoms with Crippen molar-refractivity contribution in [3.05, 3.63) is 35.1 Å². The summed E-state index contributed by atoms with van der Waals surface area (Å²) in [5.41, 5.74) is -0.234. The molecule has 0 aromatic heterocycles. The number of hydrogen-bond acceptors (Lipinski definition) is 2. The summed E-state index contributed by atoms with van der Waals surface area (Å²) in [5.74, 6) is -4.94. The normalized spacial score (nSPS) is 15.6. The molecule has 0 unspecified atom stereocenters. The van der Waals surface area contributed by atoms with Gasteiger partial charge in [0.1, 0.15) is 0 Å². The molecule has 110 valence electrons. The van der Waals surface area contributed by atoms with Crippen molar-refractivity contribution in [3.8, 4) is 0 Å². The second kappa shape index (κ2) is 6.26. The number of rotatable bonds is 4. The fourth-order valence-corrected chi connectivity index (χ4v) is 2.62. The average Bonchev–Trinajstić information content (AvgIpc) is 2.94. The first-order valence-corrected chi connectivity index (χ1v) is 6.61. The van der Waals surface area contributed by atoms with Crippen molar-refractivity contribution in [1.29, 1.82) is 0 Å². The molecule has 1 aromatic carbocycles. The van der Waals surface area contributed by atoms with Crippen LogP contribution >= 0.6 is 0 Å². The number of nitrogens with zero attached hydrogens (tertiary/aromatic N) is 1. The molecule has 1 N–H and O–H groups in total. The van der Waals surface area contributed by atoms with Gasteiger partial charge in [0.25, 0.3) is 5.91 Å². The van der Waals surface area contributed by atoms with Crippen LogP contribution in [0.2, 0.25) is 0 Å². The minimum absolute atomic E-state index is 0.0363. The fraction of sp³-hybridized carbons (Fsp3) is 0.500. The highest BCUT2D eigenvalue weighted by Crippen LogP contribution is 2.25. The van der Waals surface area contributed by atoms with Crippen LogP contribution in [-0.4, -0.2) is 35.1 Å². The molecule has 3 nitrogen and oxygen atoms in total. The lowest BCUT2D eigenvalue weighted by atomic mass is 10.1. The second-order valence-electron chi connectivity index (χ2n) is 4.91. The zero-order chi connectivity index (χ0) is 14.7. The van der Waals surface area contributed by atoms with E-state index in [0.29, 0.717) is 12.1 Å². The summed E-state index contributed by atoms with van der Waals surface area (Å²) >= 11 is 0. The minimum Gasteiger partial charge on any atom is -0.395 e. The van der Waals surface area contributed by atoms with Gasteiger partial charge in [-0.05, 0) is 25.0 Å². The molecule has 0 heterocycles. The summed E-state index contributed by atoms with van der Waals surface area (Å²) in [6.07, 6.45) is 3.56. The van der Waals surface area contributed by atoms with Crippen LogP contribution in [0.3, 0.4) is 0 Å². The molecule has 2 rings (SSSR count). The molecule has 0 bridgehead atoms. The average molecular weight is 287 g/mol.